The zero-order valence-electron chi connectivity index (χ0n) is 10.5. The smallest absolute Gasteiger partial charge is 0.138 e. The van der Waals surface area contributed by atoms with E-state index in [1.54, 1.807) is 6.20 Å². The zero-order chi connectivity index (χ0) is 12.8. The molecule has 18 heavy (non-hydrogen) atoms. The number of nitrogens with one attached hydrogen (secondary N) is 1. The lowest BCUT2D eigenvalue weighted by Crippen LogP contribution is -2.30. The highest BCUT2D eigenvalue weighted by atomic mass is 79.9. The van der Waals surface area contributed by atoms with Crippen molar-refractivity contribution in [3.63, 3.8) is 0 Å². The van der Waals surface area contributed by atoms with Crippen molar-refractivity contribution in [3.8, 4) is 0 Å². The molecule has 1 unspecified atom stereocenters. The Kier molecular flexibility index (Phi) is 5.32. The maximum atomic E-state index is 11.9. The normalized spacial score (nSPS) is 19.7. The van der Waals surface area contributed by atoms with Crippen LogP contribution in [0.1, 0.15) is 31.4 Å². The van der Waals surface area contributed by atoms with Gasteiger partial charge in [0.1, 0.15) is 5.78 Å². The summed E-state index contributed by atoms with van der Waals surface area (Å²) < 4.78 is 0.951. The van der Waals surface area contributed by atoms with Crippen molar-refractivity contribution in [1.82, 2.24) is 10.3 Å². The maximum Gasteiger partial charge on any atom is 0.138 e. The number of piperidine rings is 1. The summed E-state index contributed by atoms with van der Waals surface area (Å²) in [6.07, 6.45) is 6.41. The first-order chi connectivity index (χ1) is 8.74. The molecule has 1 aromatic rings. The van der Waals surface area contributed by atoms with Gasteiger partial charge in [0, 0.05) is 29.2 Å². The summed E-state index contributed by atoms with van der Waals surface area (Å²) >= 11 is 3.34. The number of aromatic nitrogens is 1. The fraction of sp³-hybridized carbons (Fsp3) is 0.571. The molecule has 0 radical (unpaired) electrons. The van der Waals surface area contributed by atoms with Crippen LogP contribution in [0.15, 0.2) is 22.8 Å². The van der Waals surface area contributed by atoms with E-state index < -0.39 is 0 Å². The SMILES string of the molecule is O=C(CCC1CCCNC1)Cc1ccc(Br)cn1. The van der Waals surface area contributed by atoms with Gasteiger partial charge in [-0.25, -0.2) is 0 Å². The number of hydrogen-bond acceptors (Lipinski definition) is 3. The molecule has 0 amide bonds. The molecule has 1 saturated heterocycles. The van der Waals surface area contributed by atoms with Crippen molar-refractivity contribution in [2.75, 3.05) is 13.1 Å². The number of nitrogens with zero attached hydrogens (tertiary/aromatic N) is 1. The molecule has 0 aromatic carbocycles. The van der Waals surface area contributed by atoms with Gasteiger partial charge < -0.3 is 5.32 Å². The largest absolute Gasteiger partial charge is 0.316 e. The van der Waals surface area contributed by atoms with E-state index in [4.69, 9.17) is 0 Å². The van der Waals surface area contributed by atoms with E-state index in [0.717, 1.165) is 29.7 Å². The van der Waals surface area contributed by atoms with E-state index in [-0.39, 0.29) is 0 Å². The minimum Gasteiger partial charge on any atom is -0.316 e. The Morgan fingerprint density at radius 1 is 1.50 bits per heavy atom. The van der Waals surface area contributed by atoms with Gasteiger partial charge in [0.2, 0.25) is 0 Å². The van der Waals surface area contributed by atoms with E-state index in [2.05, 4.69) is 26.2 Å². The molecular weight excluding hydrogens is 292 g/mol. The molecule has 0 bridgehead atoms. The van der Waals surface area contributed by atoms with Gasteiger partial charge in [0.25, 0.3) is 0 Å². The van der Waals surface area contributed by atoms with Crippen LogP contribution in [0.3, 0.4) is 0 Å². The zero-order valence-corrected chi connectivity index (χ0v) is 12.1. The van der Waals surface area contributed by atoms with Crippen LogP contribution >= 0.6 is 15.9 Å². The van der Waals surface area contributed by atoms with Gasteiger partial charge in [0.15, 0.2) is 0 Å². The van der Waals surface area contributed by atoms with Crippen LogP contribution in [0.25, 0.3) is 0 Å². The van der Waals surface area contributed by atoms with Crippen LogP contribution < -0.4 is 5.32 Å². The standard InChI is InChI=1S/C14H19BrN2O/c15-12-4-5-13(17-10-12)8-14(18)6-3-11-2-1-7-16-9-11/h4-5,10-11,16H,1-3,6-9H2. The molecule has 2 heterocycles. The van der Waals surface area contributed by atoms with Crippen LogP contribution in [0, 0.1) is 5.92 Å². The molecule has 1 fully saturated rings. The van der Waals surface area contributed by atoms with E-state index in [9.17, 15) is 4.79 Å². The molecule has 1 N–H and O–H groups in total. The van der Waals surface area contributed by atoms with Gasteiger partial charge in [-0.1, -0.05) is 0 Å². The number of Topliss-reactive ketones (excluding diaryl/α,β-unsaturated/α-hetero) is 1. The lowest BCUT2D eigenvalue weighted by atomic mass is 9.93. The van der Waals surface area contributed by atoms with E-state index in [1.807, 2.05) is 12.1 Å². The number of pyridine rings is 1. The van der Waals surface area contributed by atoms with Gasteiger partial charge in [-0.15, -0.1) is 0 Å². The summed E-state index contributed by atoms with van der Waals surface area (Å²) in [4.78, 5) is 16.1. The number of ketones is 1. The first kappa shape index (κ1) is 13.7. The van der Waals surface area contributed by atoms with Crippen molar-refractivity contribution >= 4 is 21.7 Å². The summed E-state index contributed by atoms with van der Waals surface area (Å²) in [7, 11) is 0. The van der Waals surface area contributed by atoms with Crippen LogP contribution in [0.5, 0.6) is 0 Å². The van der Waals surface area contributed by atoms with Crippen molar-refractivity contribution in [3.05, 3.63) is 28.5 Å². The Hall–Kier alpha value is -0.740. The first-order valence-corrected chi connectivity index (χ1v) is 7.36. The Labute approximate surface area is 117 Å². The second-order valence-corrected chi connectivity index (χ2v) is 5.85. The minimum absolute atomic E-state index is 0.301. The number of carbonyl (C=O) groups is 1. The molecule has 3 nitrogen and oxygen atoms in total. The van der Waals surface area contributed by atoms with Crippen LogP contribution in [0.2, 0.25) is 0 Å². The lowest BCUT2D eigenvalue weighted by Gasteiger charge is -2.22. The van der Waals surface area contributed by atoms with Crippen molar-refractivity contribution < 1.29 is 4.79 Å². The van der Waals surface area contributed by atoms with Gasteiger partial charge in [-0.3, -0.25) is 9.78 Å². The third-order valence-electron chi connectivity index (χ3n) is 3.40. The van der Waals surface area contributed by atoms with Crippen molar-refractivity contribution in [2.24, 2.45) is 5.92 Å². The molecular formula is C14H19BrN2O. The number of carbonyl (C=O) groups excluding carboxylic acids is 1. The third kappa shape index (κ3) is 4.50. The summed E-state index contributed by atoms with van der Waals surface area (Å²) in [5.74, 6) is 0.982. The molecule has 2 rings (SSSR count). The van der Waals surface area contributed by atoms with Crippen LogP contribution in [-0.4, -0.2) is 23.9 Å². The molecule has 0 spiro atoms. The Bertz CT molecular complexity index is 385. The van der Waals surface area contributed by atoms with E-state index in [0.29, 0.717) is 24.5 Å². The first-order valence-electron chi connectivity index (χ1n) is 6.57. The third-order valence-corrected chi connectivity index (χ3v) is 3.87. The molecule has 4 heteroatoms. The average molecular weight is 311 g/mol. The molecule has 1 atom stereocenters. The van der Waals surface area contributed by atoms with Crippen molar-refractivity contribution in [2.45, 2.75) is 32.1 Å². The highest BCUT2D eigenvalue weighted by Crippen LogP contribution is 2.16. The monoisotopic (exact) mass is 310 g/mol. The quantitative estimate of drug-likeness (QED) is 0.909. The van der Waals surface area contributed by atoms with Gasteiger partial charge in [-0.2, -0.15) is 0 Å². The predicted octanol–water partition coefficient (Wildman–Crippen LogP) is 2.74. The summed E-state index contributed by atoms with van der Waals surface area (Å²) in [6.45, 7) is 2.21. The van der Waals surface area contributed by atoms with Gasteiger partial charge in [0.05, 0.1) is 0 Å². The fourth-order valence-corrected chi connectivity index (χ4v) is 2.57. The fourth-order valence-electron chi connectivity index (χ4n) is 2.34. The lowest BCUT2D eigenvalue weighted by molar-refractivity contribution is -0.118. The van der Waals surface area contributed by atoms with E-state index in [1.165, 1.54) is 12.8 Å². The molecule has 0 aliphatic carbocycles. The van der Waals surface area contributed by atoms with Crippen molar-refractivity contribution in [1.29, 1.82) is 0 Å². The summed E-state index contributed by atoms with van der Waals surface area (Å²) in [5, 5.41) is 3.39. The molecule has 1 aliphatic heterocycles. The number of halogens is 1. The maximum absolute atomic E-state index is 11.9. The second-order valence-electron chi connectivity index (χ2n) is 4.93. The van der Waals surface area contributed by atoms with Crippen LogP contribution in [-0.2, 0) is 11.2 Å². The Morgan fingerprint density at radius 3 is 3.06 bits per heavy atom. The molecule has 0 saturated carbocycles. The molecule has 1 aromatic heterocycles. The summed E-state index contributed by atoms with van der Waals surface area (Å²) in [5.41, 5.74) is 0.866. The Balaban J connectivity index is 1.73. The number of hydrogen-bond donors (Lipinski definition) is 1. The summed E-state index contributed by atoms with van der Waals surface area (Å²) in [6, 6.07) is 3.84. The number of rotatable bonds is 5. The van der Waals surface area contributed by atoms with E-state index >= 15 is 0 Å². The topological polar surface area (TPSA) is 42.0 Å². The Morgan fingerprint density at radius 2 is 2.39 bits per heavy atom. The highest BCUT2D eigenvalue weighted by molar-refractivity contribution is 9.10. The average Bonchev–Trinajstić information content (AvgIpc) is 2.40. The minimum atomic E-state index is 0.301. The van der Waals surface area contributed by atoms with Crippen LogP contribution in [0.4, 0.5) is 0 Å². The predicted molar refractivity (Wildman–Crippen MR) is 75.5 cm³/mol. The second kappa shape index (κ2) is 7.00. The molecule has 98 valence electrons. The van der Waals surface area contributed by atoms with Gasteiger partial charge in [-0.05, 0) is 66.3 Å². The highest BCUT2D eigenvalue weighted by Gasteiger charge is 2.14. The van der Waals surface area contributed by atoms with Gasteiger partial charge >= 0.3 is 0 Å². The molecule has 1 aliphatic rings.